The smallest absolute Gasteiger partial charge is 0.0630 e. The summed E-state index contributed by atoms with van der Waals surface area (Å²) in [5, 5.41) is 26.9. The zero-order valence-electron chi connectivity index (χ0n) is 22.5. The number of rotatable bonds is 2. The van der Waals surface area contributed by atoms with Gasteiger partial charge in [-0.15, -0.1) is 5.16 Å². The molecule has 0 aromatic carbocycles. The first-order chi connectivity index (χ1) is 15.9. The molecular formula is C30H48N2O2. The standard InChI is InChI=1S/C30H48N2O2/c1-19(2)20-10-15-30(18-31-33)17-16-28(6)21(25(20)30)8-9-23-27(5)13-12-24(32-34)26(3,4)22(27)11-14-29(23,28)7/h18,20-23,25,33-34H,1,8-17H2,2-7H3/b31-18+,32-24+/t20-,21-,22-,23+,25+,27-,28+,29+,30+/m0/s1. The third kappa shape index (κ3) is 2.83. The van der Waals surface area contributed by atoms with E-state index in [-0.39, 0.29) is 10.8 Å². The van der Waals surface area contributed by atoms with Crippen LogP contribution < -0.4 is 0 Å². The van der Waals surface area contributed by atoms with Crippen LogP contribution in [0.3, 0.4) is 0 Å². The van der Waals surface area contributed by atoms with Gasteiger partial charge >= 0.3 is 0 Å². The van der Waals surface area contributed by atoms with Crippen molar-refractivity contribution in [1.29, 1.82) is 0 Å². The molecule has 34 heavy (non-hydrogen) atoms. The Kier molecular flexibility index (Phi) is 5.44. The minimum atomic E-state index is -0.0311. The number of nitrogens with zero attached hydrogens (tertiary/aromatic N) is 2. The van der Waals surface area contributed by atoms with Crippen molar-refractivity contribution >= 4 is 11.9 Å². The lowest BCUT2D eigenvalue weighted by Crippen LogP contribution is -2.66. The van der Waals surface area contributed by atoms with Crippen molar-refractivity contribution in [3.63, 3.8) is 0 Å². The van der Waals surface area contributed by atoms with Crippen LogP contribution in [0.2, 0.25) is 0 Å². The monoisotopic (exact) mass is 468 g/mol. The Morgan fingerprint density at radius 2 is 1.62 bits per heavy atom. The van der Waals surface area contributed by atoms with E-state index in [1.165, 1.54) is 44.1 Å². The molecule has 0 bridgehead atoms. The molecule has 5 fully saturated rings. The Hall–Kier alpha value is -1.32. The van der Waals surface area contributed by atoms with Gasteiger partial charge in [-0.25, -0.2) is 0 Å². The van der Waals surface area contributed by atoms with Crippen LogP contribution in [0.1, 0.15) is 106 Å². The lowest BCUT2D eigenvalue weighted by Gasteiger charge is -2.72. The molecule has 5 aliphatic carbocycles. The highest BCUT2D eigenvalue weighted by Gasteiger charge is 2.70. The van der Waals surface area contributed by atoms with Gasteiger partial charge in [0.2, 0.25) is 0 Å². The van der Waals surface area contributed by atoms with E-state index < -0.39 is 0 Å². The summed E-state index contributed by atoms with van der Waals surface area (Å²) >= 11 is 0. The fraction of sp³-hybridized carbons (Fsp3) is 0.867. The predicted octanol–water partition coefficient (Wildman–Crippen LogP) is 7.93. The molecule has 0 aliphatic heterocycles. The third-order valence-corrected chi connectivity index (χ3v) is 13.3. The molecule has 0 saturated heterocycles. The molecule has 0 unspecified atom stereocenters. The minimum Gasteiger partial charge on any atom is -0.411 e. The maximum Gasteiger partial charge on any atom is 0.0630 e. The second kappa shape index (κ2) is 7.59. The number of allylic oxidation sites excluding steroid dienone is 1. The maximum atomic E-state index is 9.76. The molecule has 0 aromatic heterocycles. The maximum absolute atomic E-state index is 9.76. The van der Waals surface area contributed by atoms with Crippen LogP contribution in [0.25, 0.3) is 0 Å². The predicted molar refractivity (Wildman–Crippen MR) is 138 cm³/mol. The van der Waals surface area contributed by atoms with Crippen LogP contribution in [0.4, 0.5) is 0 Å². The van der Waals surface area contributed by atoms with Gasteiger partial charge in [-0.1, -0.05) is 51.9 Å². The van der Waals surface area contributed by atoms with Crippen LogP contribution in [-0.4, -0.2) is 22.3 Å². The van der Waals surface area contributed by atoms with Crippen molar-refractivity contribution in [2.45, 2.75) is 106 Å². The zero-order valence-corrected chi connectivity index (χ0v) is 22.5. The molecule has 5 saturated carbocycles. The van der Waals surface area contributed by atoms with E-state index in [1.807, 2.05) is 6.21 Å². The molecule has 0 spiro atoms. The molecule has 9 atom stereocenters. The highest BCUT2D eigenvalue weighted by molar-refractivity contribution is 5.90. The largest absolute Gasteiger partial charge is 0.411 e. The average molecular weight is 469 g/mol. The quantitative estimate of drug-likeness (QED) is 0.187. The summed E-state index contributed by atoms with van der Waals surface area (Å²) in [4.78, 5) is 0. The second-order valence-electron chi connectivity index (χ2n) is 14.4. The van der Waals surface area contributed by atoms with Crippen LogP contribution in [0.5, 0.6) is 0 Å². The Morgan fingerprint density at radius 1 is 0.882 bits per heavy atom. The van der Waals surface area contributed by atoms with Gasteiger partial charge in [-0.2, -0.15) is 0 Å². The first kappa shape index (κ1) is 24.4. The molecule has 5 rings (SSSR count). The van der Waals surface area contributed by atoms with E-state index in [0.29, 0.717) is 45.8 Å². The van der Waals surface area contributed by atoms with E-state index in [4.69, 9.17) is 0 Å². The molecular weight excluding hydrogens is 420 g/mol. The van der Waals surface area contributed by atoms with Crippen molar-refractivity contribution in [3.05, 3.63) is 12.2 Å². The average Bonchev–Trinajstić information content (AvgIpc) is 3.14. The molecule has 0 aromatic rings. The molecule has 190 valence electrons. The van der Waals surface area contributed by atoms with E-state index in [1.54, 1.807) is 0 Å². The van der Waals surface area contributed by atoms with Crippen molar-refractivity contribution in [2.75, 3.05) is 0 Å². The number of fused-ring (bicyclic) bond motifs is 7. The highest BCUT2D eigenvalue weighted by atomic mass is 16.4. The summed E-state index contributed by atoms with van der Waals surface area (Å²) < 4.78 is 0. The Morgan fingerprint density at radius 3 is 2.26 bits per heavy atom. The van der Waals surface area contributed by atoms with Crippen molar-refractivity contribution in [1.82, 2.24) is 0 Å². The summed E-state index contributed by atoms with van der Waals surface area (Å²) in [5.41, 5.74) is 3.27. The summed E-state index contributed by atoms with van der Waals surface area (Å²) in [6, 6.07) is 0. The number of hydrogen-bond acceptors (Lipinski definition) is 4. The van der Waals surface area contributed by atoms with Crippen molar-refractivity contribution < 1.29 is 10.4 Å². The van der Waals surface area contributed by atoms with Gasteiger partial charge in [0.25, 0.3) is 0 Å². The van der Waals surface area contributed by atoms with E-state index in [2.05, 4.69) is 58.4 Å². The van der Waals surface area contributed by atoms with Crippen molar-refractivity contribution in [3.8, 4) is 0 Å². The summed E-state index contributed by atoms with van der Waals surface area (Å²) in [6.45, 7) is 19.2. The molecule has 0 heterocycles. The number of hydrogen-bond donors (Lipinski definition) is 2. The summed E-state index contributed by atoms with van der Waals surface area (Å²) in [5.74, 6) is 3.06. The second-order valence-corrected chi connectivity index (χ2v) is 14.4. The molecule has 0 amide bonds. The van der Waals surface area contributed by atoms with Crippen LogP contribution in [0.15, 0.2) is 22.5 Å². The van der Waals surface area contributed by atoms with Gasteiger partial charge in [-0.3, -0.25) is 0 Å². The van der Waals surface area contributed by atoms with Crippen molar-refractivity contribution in [2.24, 2.45) is 67.0 Å². The lowest BCUT2D eigenvalue weighted by atomic mass is 9.32. The van der Waals surface area contributed by atoms with Gasteiger partial charge in [0.05, 0.1) is 11.9 Å². The summed E-state index contributed by atoms with van der Waals surface area (Å²) in [7, 11) is 0. The summed E-state index contributed by atoms with van der Waals surface area (Å²) in [6.07, 6.45) is 13.8. The normalized spacial score (nSPS) is 53.1. The van der Waals surface area contributed by atoms with Gasteiger partial charge in [0.15, 0.2) is 0 Å². The van der Waals surface area contributed by atoms with Crippen LogP contribution in [-0.2, 0) is 0 Å². The fourth-order valence-electron chi connectivity index (χ4n) is 11.5. The Bertz CT molecular complexity index is 923. The lowest BCUT2D eigenvalue weighted by molar-refractivity contribution is -0.222. The van der Waals surface area contributed by atoms with Crippen LogP contribution >= 0.6 is 0 Å². The van der Waals surface area contributed by atoms with E-state index in [9.17, 15) is 10.4 Å². The fourth-order valence-corrected chi connectivity index (χ4v) is 11.5. The third-order valence-electron chi connectivity index (χ3n) is 13.3. The van der Waals surface area contributed by atoms with Crippen LogP contribution in [0, 0.1) is 56.7 Å². The SMILES string of the molecule is C=C(C)[C@@H]1CC[C@]2(/C=N/O)CC[C@]3(C)[C@@H](CC[C@@H]4[C@@]5(C)CC/C(=N\O)C(C)(C)[C@@H]5CC[C@]43C)[C@@H]12. The molecule has 5 aliphatic rings. The minimum absolute atomic E-state index is 0.0311. The Labute approximate surface area is 207 Å². The molecule has 4 heteroatoms. The zero-order chi connectivity index (χ0) is 24.7. The molecule has 4 nitrogen and oxygen atoms in total. The first-order valence-electron chi connectivity index (χ1n) is 14.0. The number of oxime groups is 2. The van der Waals surface area contributed by atoms with Gasteiger partial charge < -0.3 is 10.4 Å². The Balaban J connectivity index is 1.56. The topological polar surface area (TPSA) is 65.2 Å². The van der Waals surface area contributed by atoms with Gasteiger partial charge in [-0.05, 0) is 117 Å². The highest BCUT2D eigenvalue weighted by Crippen LogP contribution is 2.77. The van der Waals surface area contributed by atoms with E-state index in [0.717, 1.165) is 31.4 Å². The first-order valence-corrected chi connectivity index (χ1v) is 14.0. The molecule has 0 radical (unpaired) electrons. The van der Waals surface area contributed by atoms with Gasteiger partial charge in [0.1, 0.15) is 0 Å². The molecule has 2 N–H and O–H groups in total. The van der Waals surface area contributed by atoms with E-state index >= 15 is 0 Å². The van der Waals surface area contributed by atoms with Gasteiger partial charge in [0, 0.05) is 10.8 Å².